The molecule has 2 aliphatic rings. The van der Waals surface area contributed by atoms with E-state index in [1.54, 1.807) is 0 Å². The highest BCUT2D eigenvalue weighted by atomic mass is 14.5. The summed E-state index contributed by atoms with van der Waals surface area (Å²) in [4.78, 5) is 0. The van der Waals surface area contributed by atoms with Gasteiger partial charge in [0, 0.05) is 5.69 Å². The van der Waals surface area contributed by atoms with Crippen LogP contribution in [0.25, 0.3) is 11.1 Å². The first-order chi connectivity index (χ1) is 5.36. The Balaban J connectivity index is 2.73. The summed E-state index contributed by atoms with van der Waals surface area (Å²) >= 11 is 0. The summed E-state index contributed by atoms with van der Waals surface area (Å²) in [5.41, 5.74) is 8.87. The molecule has 1 nitrogen and oxygen atoms in total. The fourth-order valence-corrected chi connectivity index (χ4v) is 1.24. The van der Waals surface area contributed by atoms with E-state index >= 15 is 0 Å². The maximum Gasteiger partial charge on any atom is 0.0326 e. The summed E-state index contributed by atoms with van der Waals surface area (Å²) in [6.07, 6.45) is 0. The maximum atomic E-state index is 5.63. The predicted octanol–water partition coefficient (Wildman–Crippen LogP) is 2.37. The highest BCUT2D eigenvalue weighted by Crippen LogP contribution is 2.25. The van der Waals surface area contributed by atoms with E-state index in [4.69, 9.17) is 5.73 Å². The number of hydrogen-bond donors (Lipinski definition) is 1. The van der Waals surface area contributed by atoms with E-state index in [9.17, 15) is 0 Å². The molecule has 0 aromatic heterocycles. The Morgan fingerprint density at radius 3 is 1.91 bits per heavy atom. The van der Waals surface area contributed by atoms with Gasteiger partial charge in [-0.25, -0.2) is 0 Å². The Labute approximate surface area is 65.8 Å². The molecule has 0 aromatic rings. The van der Waals surface area contributed by atoms with Crippen LogP contribution in [0, 0.1) is 0 Å². The van der Waals surface area contributed by atoms with Crippen LogP contribution in [0.4, 0.5) is 5.69 Å². The molecule has 0 bridgehead atoms. The molecule has 0 radical (unpaired) electrons. The predicted molar refractivity (Wildman–Crippen MR) is 47.5 cm³/mol. The number of hydrogen-bond acceptors (Lipinski definition) is 1. The van der Waals surface area contributed by atoms with Crippen molar-refractivity contribution in [2.45, 2.75) is 0 Å². The molecule has 0 aromatic carbocycles. The molecular formula is C10H9N. The minimum absolute atomic E-state index is 0.839. The Morgan fingerprint density at radius 1 is 0.818 bits per heavy atom. The van der Waals surface area contributed by atoms with Crippen molar-refractivity contribution >= 4 is 5.69 Å². The second-order valence-electron chi connectivity index (χ2n) is 2.61. The molecule has 0 saturated carbocycles. The summed E-state index contributed by atoms with van der Waals surface area (Å²) in [7, 11) is 0. The van der Waals surface area contributed by atoms with Crippen LogP contribution in [0.2, 0.25) is 0 Å². The van der Waals surface area contributed by atoms with Gasteiger partial charge in [-0.05, 0) is 23.3 Å². The standard InChI is InChI=1S/C10H9N/c11-10-6-8-4-2-1-3-5-9(8)7-10/h1-7H,11H2. The van der Waals surface area contributed by atoms with Gasteiger partial charge in [0.25, 0.3) is 0 Å². The van der Waals surface area contributed by atoms with Crippen molar-refractivity contribution in [3.8, 4) is 11.1 Å². The third kappa shape index (κ3) is 1.05. The van der Waals surface area contributed by atoms with Crippen LogP contribution in [-0.2, 0) is 0 Å². The molecular weight excluding hydrogens is 134 g/mol. The van der Waals surface area contributed by atoms with Gasteiger partial charge in [0.2, 0.25) is 0 Å². The molecule has 0 spiro atoms. The third-order valence-electron chi connectivity index (χ3n) is 1.75. The molecule has 0 fully saturated rings. The molecule has 0 amide bonds. The zero-order valence-corrected chi connectivity index (χ0v) is 6.12. The van der Waals surface area contributed by atoms with E-state index < -0.39 is 0 Å². The van der Waals surface area contributed by atoms with E-state index in [1.807, 2.05) is 30.3 Å². The smallest absolute Gasteiger partial charge is 0.0326 e. The fraction of sp³-hybridized carbons (Fsp3) is 0. The van der Waals surface area contributed by atoms with Gasteiger partial charge < -0.3 is 5.73 Å². The Hall–Kier alpha value is -1.50. The summed E-state index contributed by atoms with van der Waals surface area (Å²) < 4.78 is 0. The largest absolute Gasteiger partial charge is 0.399 e. The van der Waals surface area contributed by atoms with Crippen molar-refractivity contribution in [1.82, 2.24) is 0 Å². The van der Waals surface area contributed by atoms with Crippen LogP contribution in [0.5, 0.6) is 0 Å². The highest BCUT2D eigenvalue weighted by Gasteiger charge is 1.99. The average molecular weight is 143 g/mol. The second-order valence-corrected chi connectivity index (χ2v) is 2.61. The van der Waals surface area contributed by atoms with Crippen molar-refractivity contribution in [3.05, 3.63) is 42.5 Å². The van der Waals surface area contributed by atoms with Gasteiger partial charge in [0.05, 0.1) is 0 Å². The lowest BCUT2D eigenvalue weighted by Crippen LogP contribution is -1.74. The quantitative estimate of drug-likeness (QED) is 0.602. The highest BCUT2D eigenvalue weighted by molar-refractivity contribution is 5.73. The Bertz CT molecular complexity index is 310. The fourth-order valence-electron chi connectivity index (χ4n) is 1.24. The first-order valence-corrected chi connectivity index (χ1v) is 3.60. The molecule has 2 N–H and O–H groups in total. The lowest BCUT2D eigenvalue weighted by Gasteiger charge is -1.85. The first kappa shape index (κ1) is 6.23. The maximum absolute atomic E-state index is 5.63. The van der Waals surface area contributed by atoms with Crippen molar-refractivity contribution < 1.29 is 0 Å². The summed E-state index contributed by atoms with van der Waals surface area (Å²) in [5.74, 6) is 0. The first-order valence-electron chi connectivity index (χ1n) is 3.60. The van der Waals surface area contributed by atoms with Crippen molar-refractivity contribution in [2.75, 3.05) is 5.73 Å². The van der Waals surface area contributed by atoms with Gasteiger partial charge in [-0.15, -0.1) is 0 Å². The summed E-state index contributed by atoms with van der Waals surface area (Å²) in [6.45, 7) is 0. The van der Waals surface area contributed by atoms with Crippen LogP contribution in [-0.4, -0.2) is 0 Å². The number of rotatable bonds is 0. The minimum Gasteiger partial charge on any atom is -0.399 e. The molecule has 0 unspecified atom stereocenters. The lowest BCUT2D eigenvalue weighted by molar-refractivity contribution is 1.84. The topological polar surface area (TPSA) is 26.0 Å². The van der Waals surface area contributed by atoms with Gasteiger partial charge in [-0.3, -0.25) is 0 Å². The van der Waals surface area contributed by atoms with Crippen molar-refractivity contribution in [2.24, 2.45) is 0 Å². The molecule has 54 valence electrons. The molecule has 1 heteroatoms. The number of fused-ring (bicyclic) bond motifs is 1. The van der Waals surface area contributed by atoms with E-state index in [1.165, 1.54) is 11.1 Å². The van der Waals surface area contributed by atoms with Gasteiger partial charge in [-0.2, -0.15) is 0 Å². The molecule has 0 atom stereocenters. The van der Waals surface area contributed by atoms with E-state index in [-0.39, 0.29) is 0 Å². The van der Waals surface area contributed by atoms with E-state index in [2.05, 4.69) is 12.1 Å². The van der Waals surface area contributed by atoms with E-state index in [0.717, 1.165) is 5.69 Å². The van der Waals surface area contributed by atoms with Gasteiger partial charge in [0.15, 0.2) is 0 Å². The zero-order valence-electron chi connectivity index (χ0n) is 6.12. The molecule has 0 aliphatic heterocycles. The van der Waals surface area contributed by atoms with Crippen LogP contribution in [0.1, 0.15) is 0 Å². The summed E-state index contributed by atoms with van der Waals surface area (Å²) in [5, 5.41) is 0. The number of nitrogens with two attached hydrogens (primary N) is 1. The third-order valence-corrected chi connectivity index (χ3v) is 1.75. The van der Waals surface area contributed by atoms with Crippen LogP contribution < -0.4 is 5.73 Å². The van der Waals surface area contributed by atoms with Crippen molar-refractivity contribution in [3.63, 3.8) is 0 Å². The van der Waals surface area contributed by atoms with Gasteiger partial charge in [0.1, 0.15) is 0 Å². The minimum atomic E-state index is 0.839. The van der Waals surface area contributed by atoms with Crippen molar-refractivity contribution in [1.29, 1.82) is 0 Å². The molecule has 11 heavy (non-hydrogen) atoms. The van der Waals surface area contributed by atoms with E-state index in [0.29, 0.717) is 0 Å². The Morgan fingerprint density at radius 2 is 1.36 bits per heavy atom. The van der Waals surface area contributed by atoms with Crippen LogP contribution in [0.15, 0.2) is 42.5 Å². The average Bonchev–Trinajstić information content (AvgIpc) is 2.17. The van der Waals surface area contributed by atoms with Crippen LogP contribution >= 0.6 is 0 Å². The molecule has 0 heterocycles. The SMILES string of the molecule is Nc1cc2cccccc-2c1. The monoisotopic (exact) mass is 143 g/mol. The normalized spacial score (nSPS) is 10.2. The molecule has 0 saturated heterocycles. The number of anilines is 1. The molecule has 2 aliphatic carbocycles. The zero-order chi connectivity index (χ0) is 7.68. The van der Waals surface area contributed by atoms with Crippen LogP contribution in [0.3, 0.4) is 0 Å². The second kappa shape index (κ2) is 2.27. The number of nitrogen functional groups attached to an aromatic ring is 1. The van der Waals surface area contributed by atoms with Gasteiger partial charge >= 0.3 is 0 Å². The Kier molecular flexibility index (Phi) is 1.29. The summed E-state index contributed by atoms with van der Waals surface area (Å²) in [6, 6.07) is 14.1. The lowest BCUT2D eigenvalue weighted by atomic mass is 10.2. The molecule has 2 rings (SSSR count). The van der Waals surface area contributed by atoms with Gasteiger partial charge in [-0.1, -0.05) is 30.3 Å².